The predicted octanol–water partition coefficient (Wildman–Crippen LogP) is 0.655. The Bertz CT molecular complexity index is 786. The first kappa shape index (κ1) is 22.1. The number of hydrogen-bond donors (Lipinski definition) is 2. The van der Waals surface area contributed by atoms with Gasteiger partial charge in [-0.3, -0.25) is 19.4 Å². The van der Waals surface area contributed by atoms with Crippen LogP contribution >= 0.6 is 0 Å². The maximum absolute atomic E-state index is 12.9. The molecule has 2 aliphatic heterocycles. The topological polar surface area (TPSA) is 67.9 Å². The fourth-order valence-electron chi connectivity index (χ4n) is 4.50. The molecule has 3 atom stereocenters. The largest absolute Gasteiger partial charge is 0.378 e. The highest BCUT2D eigenvalue weighted by molar-refractivity contribution is 5.83. The van der Waals surface area contributed by atoms with Gasteiger partial charge in [0.2, 0.25) is 11.8 Å². The minimum Gasteiger partial charge on any atom is -0.378 e. The van der Waals surface area contributed by atoms with E-state index in [-0.39, 0.29) is 36.5 Å². The van der Waals surface area contributed by atoms with Gasteiger partial charge in [-0.05, 0) is 37.6 Å². The number of benzene rings is 1. The molecule has 1 aromatic carbocycles. The maximum Gasteiger partial charge on any atom is 0.239 e. The van der Waals surface area contributed by atoms with Crippen molar-refractivity contribution in [1.29, 1.82) is 0 Å². The van der Waals surface area contributed by atoms with Crippen molar-refractivity contribution >= 4 is 17.5 Å². The van der Waals surface area contributed by atoms with Crippen LogP contribution in [0.2, 0.25) is 0 Å². The van der Waals surface area contributed by atoms with Crippen LogP contribution in [0, 0.1) is 12.3 Å². The quantitative estimate of drug-likeness (QED) is 0.645. The zero-order valence-corrected chi connectivity index (χ0v) is 18.2. The standard InChI is InChI=1S/C23H33N5O2/c1-5-13-24-21(29)11-10-19-15-25-23(30)22-20(27(19)4)12-14-28(22)16-17-6-8-18(9-7-17)26(2)3/h1,6-9,19-20,22H,10-16H2,2-4H3,(H,24,29)(H,25,30)/t19-,20-,22-/m0/s1. The lowest BCUT2D eigenvalue weighted by Gasteiger charge is -2.33. The first-order valence-corrected chi connectivity index (χ1v) is 10.6. The van der Waals surface area contributed by atoms with Gasteiger partial charge in [0, 0.05) is 57.9 Å². The van der Waals surface area contributed by atoms with Gasteiger partial charge in [0.05, 0.1) is 6.54 Å². The number of likely N-dealkylation sites (N-methyl/N-ethyl adjacent to an activating group) is 1. The number of likely N-dealkylation sites (tertiary alicyclic amines) is 1. The van der Waals surface area contributed by atoms with Crippen LogP contribution in [0.5, 0.6) is 0 Å². The van der Waals surface area contributed by atoms with Crippen LogP contribution < -0.4 is 15.5 Å². The van der Waals surface area contributed by atoms with Crippen molar-refractivity contribution in [3.8, 4) is 12.3 Å². The molecule has 2 N–H and O–H groups in total. The Balaban J connectivity index is 1.63. The number of anilines is 1. The summed E-state index contributed by atoms with van der Waals surface area (Å²) in [6, 6.07) is 8.64. The van der Waals surface area contributed by atoms with Crippen LogP contribution in [0.15, 0.2) is 24.3 Å². The van der Waals surface area contributed by atoms with E-state index in [0.29, 0.717) is 19.4 Å². The van der Waals surface area contributed by atoms with Gasteiger partial charge in [-0.25, -0.2) is 0 Å². The summed E-state index contributed by atoms with van der Waals surface area (Å²) in [7, 11) is 6.14. The molecule has 0 radical (unpaired) electrons. The van der Waals surface area contributed by atoms with Crippen molar-refractivity contribution in [2.75, 3.05) is 45.7 Å². The molecule has 2 heterocycles. The minimum absolute atomic E-state index is 0.0392. The van der Waals surface area contributed by atoms with Gasteiger partial charge in [0.15, 0.2) is 0 Å². The molecule has 2 amide bonds. The second kappa shape index (κ2) is 9.96. The molecule has 0 spiro atoms. The maximum atomic E-state index is 12.9. The number of terminal acetylenes is 1. The minimum atomic E-state index is -0.163. The third-order valence-corrected chi connectivity index (χ3v) is 6.28. The highest BCUT2D eigenvalue weighted by Gasteiger charge is 2.44. The molecule has 0 aliphatic carbocycles. The number of fused-ring (bicyclic) bond motifs is 1. The van der Waals surface area contributed by atoms with Crippen molar-refractivity contribution in [3.05, 3.63) is 29.8 Å². The summed E-state index contributed by atoms with van der Waals surface area (Å²) in [4.78, 5) is 31.5. The molecule has 30 heavy (non-hydrogen) atoms. The predicted molar refractivity (Wildman–Crippen MR) is 119 cm³/mol. The third kappa shape index (κ3) is 5.13. The first-order chi connectivity index (χ1) is 14.4. The summed E-state index contributed by atoms with van der Waals surface area (Å²) >= 11 is 0. The number of nitrogens with zero attached hydrogens (tertiary/aromatic N) is 3. The Morgan fingerprint density at radius 2 is 2.07 bits per heavy atom. The van der Waals surface area contributed by atoms with Gasteiger partial charge >= 0.3 is 0 Å². The number of nitrogens with one attached hydrogen (secondary N) is 2. The second-order valence-corrected chi connectivity index (χ2v) is 8.42. The van der Waals surface area contributed by atoms with E-state index in [0.717, 1.165) is 19.5 Å². The number of amides is 2. The first-order valence-electron chi connectivity index (χ1n) is 10.6. The van der Waals surface area contributed by atoms with Gasteiger partial charge in [-0.1, -0.05) is 18.1 Å². The zero-order valence-electron chi connectivity index (χ0n) is 18.2. The van der Waals surface area contributed by atoms with Crippen LogP contribution in [0.4, 0.5) is 5.69 Å². The smallest absolute Gasteiger partial charge is 0.239 e. The summed E-state index contributed by atoms with van der Waals surface area (Å²) in [6.07, 6.45) is 7.25. The molecular formula is C23H33N5O2. The second-order valence-electron chi connectivity index (χ2n) is 8.42. The molecular weight excluding hydrogens is 378 g/mol. The highest BCUT2D eigenvalue weighted by Crippen LogP contribution is 2.28. The van der Waals surface area contributed by atoms with Crippen LogP contribution in [0.3, 0.4) is 0 Å². The van der Waals surface area contributed by atoms with E-state index in [1.165, 1.54) is 11.3 Å². The molecule has 162 valence electrons. The molecule has 1 aromatic rings. The Kier molecular flexibility index (Phi) is 7.35. The van der Waals surface area contributed by atoms with E-state index in [1.54, 1.807) is 0 Å². The molecule has 0 bridgehead atoms. The number of carbonyl (C=O) groups is 2. The summed E-state index contributed by atoms with van der Waals surface area (Å²) in [6.45, 7) is 2.47. The molecule has 0 aromatic heterocycles. The normalized spacial score (nSPS) is 24.5. The Hall–Kier alpha value is -2.56. The lowest BCUT2D eigenvalue weighted by Crippen LogP contribution is -2.49. The van der Waals surface area contributed by atoms with Crippen LogP contribution in [0.1, 0.15) is 24.8 Å². The SMILES string of the molecule is C#CCNC(=O)CC[C@H]1CNC(=O)[C@@H]2[C@H](CCN2Cc2ccc(N(C)C)cc2)N1C. The molecule has 2 fully saturated rings. The van der Waals surface area contributed by atoms with E-state index < -0.39 is 0 Å². The fourth-order valence-corrected chi connectivity index (χ4v) is 4.50. The van der Waals surface area contributed by atoms with E-state index in [4.69, 9.17) is 6.42 Å². The Morgan fingerprint density at radius 3 is 2.73 bits per heavy atom. The molecule has 7 nitrogen and oxygen atoms in total. The summed E-state index contributed by atoms with van der Waals surface area (Å²) in [5.74, 6) is 2.47. The van der Waals surface area contributed by atoms with Crippen molar-refractivity contribution in [1.82, 2.24) is 20.4 Å². The van der Waals surface area contributed by atoms with Crippen LogP contribution in [-0.2, 0) is 16.1 Å². The molecule has 2 aliphatic rings. The van der Waals surface area contributed by atoms with Crippen molar-refractivity contribution in [2.45, 2.75) is 43.9 Å². The molecule has 2 saturated heterocycles. The Morgan fingerprint density at radius 1 is 1.33 bits per heavy atom. The third-order valence-electron chi connectivity index (χ3n) is 6.28. The Labute approximate surface area is 179 Å². The van der Waals surface area contributed by atoms with Crippen LogP contribution in [0.25, 0.3) is 0 Å². The van der Waals surface area contributed by atoms with Crippen LogP contribution in [-0.4, -0.2) is 80.5 Å². The number of hydrogen-bond acceptors (Lipinski definition) is 5. The molecule has 3 rings (SSSR count). The van der Waals surface area contributed by atoms with Gasteiger partial charge in [-0.2, -0.15) is 0 Å². The lowest BCUT2D eigenvalue weighted by atomic mass is 10.0. The van der Waals surface area contributed by atoms with Crippen molar-refractivity contribution < 1.29 is 9.59 Å². The van der Waals surface area contributed by atoms with E-state index in [9.17, 15) is 9.59 Å². The fraction of sp³-hybridized carbons (Fsp3) is 0.565. The van der Waals surface area contributed by atoms with Crippen molar-refractivity contribution in [2.24, 2.45) is 0 Å². The average Bonchev–Trinajstić information content (AvgIpc) is 3.10. The highest BCUT2D eigenvalue weighted by atomic mass is 16.2. The summed E-state index contributed by atoms with van der Waals surface area (Å²) in [5, 5.41) is 5.82. The summed E-state index contributed by atoms with van der Waals surface area (Å²) < 4.78 is 0. The van der Waals surface area contributed by atoms with E-state index in [1.807, 2.05) is 14.1 Å². The van der Waals surface area contributed by atoms with Gasteiger partial charge in [-0.15, -0.1) is 6.42 Å². The van der Waals surface area contributed by atoms with E-state index in [2.05, 4.69) is 62.6 Å². The van der Waals surface area contributed by atoms with Crippen molar-refractivity contribution in [3.63, 3.8) is 0 Å². The lowest BCUT2D eigenvalue weighted by molar-refractivity contribution is -0.126. The number of rotatable bonds is 7. The van der Waals surface area contributed by atoms with Gasteiger partial charge in [0.1, 0.15) is 6.04 Å². The number of carbonyl (C=O) groups excluding carboxylic acids is 2. The van der Waals surface area contributed by atoms with E-state index >= 15 is 0 Å². The summed E-state index contributed by atoms with van der Waals surface area (Å²) in [5.41, 5.74) is 2.38. The van der Waals surface area contributed by atoms with Gasteiger partial charge < -0.3 is 15.5 Å². The zero-order chi connectivity index (χ0) is 21.7. The molecule has 7 heteroatoms. The average molecular weight is 412 g/mol. The molecule has 0 saturated carbocycles. The van der Waals surface area contributed by atoms with Gasteiger partial charge in [0.25, 0.3) is 0 Å². The molecule has 0 unspecified atom stereocenters. The monoisotopic (exact) mass is 411 g/mol.